The molecular weight excluding hydrogens is 500 g/mol. The van der Waals surface area contributed by atoms with E-state index in [4.69, 9.17) is 14.2 Å². The van der Waals surface area contributed by atoms with Gasteiger partial charge in [-0.2, -0.15) is 0 Å². The van der Waals surface area contributed by atoms with Crippen LogP contribution in [-0.2, 0) is 9.53 Å². The van der Waals surface area contributed by atoms with Crippen molar-refractivity contribution >= 4 is 6.29 Å². The zero-order valence-corrected chi connectivity index (χ0v) is 27.1. The normalized spacial score (nSPS) is 21.1. The van der Waals surface area contributed by atoms with Crippen LogP contribution < -0.4 is 9.47 Å². The smallest absolute Gasteiger partial charge is 0.231 e. The number of benzene rings is 1. The molecule has 0 bridgehead atoms. The van der Waals surface area contributed by atoms with Crippen LogP contribution in [0.25, 0.3) is 0 Å². The van der Waals surface area contributed by atoms with Crippen molar-refractivity contribution in [3.05, 3.63) is 23.8 Å². The van der Waals surface area contributed by atoms with E-state index in [0.717, 1.165) is 50.2 Å². The second kappa shape index (κ2) is 23.0. The number of nitrogens with zero attached hydrogens (tertiary/aromatic N) is 2. The number of carbonyl (C=O) groups is 1. The van der Waals surface area contributed by atoms with E-state index in [0.29, 0.717) is 31.4 Å². The molecule has 40 heavy (non-hydrogen) atoms. The van der Waals surface area contributed by atoms with E-state index in [-0.39, 0.29) is 0 Å². The Kier molecular flexibility index (Phi) is 20.9. The zero-order valence-electron chi connectivity index (χ0n) is 27.1. The molecule has 3 heterocycles. The Labute approximate surface area is 247 Å². The van der Waals surface area contributed by atoms with Crippen molar-refractivity contribution in [2.45, 2.75) is 130 Å². The molecule has 6 nitrogen and oxygen atoms in total. The summed E-state index contributed by atoms with van der Waals surface area (Å²) in [4.78, 5) is 15.8. The summed E-state index contributed by atoms with van der Waals surface area (Å²) in [5.41, 5.74) is 1.29. The Bertz CT molecular complexity index is 743. The zero-order chi connectivity index (χ0) is 29.6. The lowest BCUT2D eigenvalue weighted by molar-refractivity contribution is -0.109. The number of carbonyl (C=O) groups excluding carboxylic acids is 1. The molecular formula is C34H62N2O4. The van der Waals surface area contributed by atoms with Crippen molar-refractivity contribution in [1.29, 1.82) is 0 Å². The summed E-state index contributed by atoms with van der Waals surface area (Å²) in [5, 5.41) is 0. The summed E-state index contributed by atoms with van der Waals surface area (Å²) >= 11 is 0. The standard InChI is InChI=1S/C19H25NO4.C9H21N.C4H10.C2H6/c21-8-7-20-12-15(10-16(20)4-5-17-2-1-9-22-17)14-3-6-18-19(11-14)24-13-23-18;1-4-6-8-10(3)9-7-5-2;1-3-4-2;1-2/h3,6,8,11,15-17H,1-2,4-5,7,9-10,12-13H2;4-9H2,1-3H3;3-4H2,1-2H3;1-2H3. The quantitative estimate of drug-likeness (QED) is 0.227. The van der Waals surface area contributed by atoms with Gasteiger partial charge in [-0.15, -0.1) is 0 Å². The number of ether oxygens (including phenoxy) is 3. The Hall–Kier alpha value is -1.63. The first-order valence-corrected chi connectivity index (χ1v) is 16.4. The van der Waals surface area contributed by atoms with Gasteiger partial charge in [0.1, 0.15) is 6.29 Å². The summed E-state index contributed by atoms with van der Waals surface area (Å²) in [6, 6.07) is 6.71. The van der Waals surface area contributed by atoms with Crippen molar-refractivity contribution < 1.29 is 19.0 Å². The number of hydrogen-bond donors (Lipinski definition) is 0. The molecule has 0 saturated carbocycles. The fraction of sp³-hybridized carbons (Fsp3) is 0.794. The van der Waals surface area contributed by atoms with Gasteiger partial charge in [0.2, 0.25) is 6.79 Å². The molecule has 0 aliphatic carbocycles. The van der Waals surface area contributed by atoms with Gasteiger partial charge in [-0.3, -0.25) is 4.90 Å². The van der Waals surface area contributed by atoms with E-state index in [1.807, 2.05) is 19.9 Å². The van der Waals surface area contributed by atoms with Gasteiger partial charge in [-0.25, -0.2) is 0 Å². The lowest BCUT2D eigenvalue weighted by Gasteiger charge is -2.22. The van der Waals surface area contributed by atoms with E-state index < -0.39 is 0 Å². The molecule has 0 amide bonds. The summed E-state index contributed by atoms with van der Waals surface area (Å²) in [5.74, 6) is 2.13. The van der Waals surface area contributed by atoms with Gasteiger partial charge >= 0.3 is 0 Å². The van der Waals surface area contributed by atoms with Crippen LogP contribution in [0.15, 0.2) is 18.2 Å². The molecule has 3 unspecified atom stereocenters. The van der Waals surface area contributed by atoms with Crippen molar-refractivity contribution in [3.63, 3.8) is 0 Å². The van der Waals surface area contributed by atoms with Crippen molar-refractivity contribution in [2.75, 3.05) is 46.6 Å². The van der Waals surface area contributed by atoms with Crippen LogP contribution in [0, 0.1) is 0 Å². The average Bonchev–Trinajstić information content (AvgIpc) is 3.77. The highest BCUT2D eigenvalue weighted by atomic mass is 16.7. The first kappa shape index (κ1) is 36.4. The molecule has 3 aliphatic heterocycles. The molecule has 2 fully saturated rings. The molecule has 2 saturated heterocycles. The molecule has 6 heteroatoms. The molecule has 0 radical (unpaired) electrons. The Morgan fingerprint density at radius 2 is 1.62 bits per heavy atom. The van der Waals surface area contributed by atoms with E-state index >= 15 is 0 Å². The van der Waals surface area contributed by atoms with Crippen LogP contribution in [0.3, 0.4) is 0 Å². The predicted molar refractivity (Wildman–Crippen MR) is 169 cm³/mol. The first-order valence-electron chi connectivity index (χ1n) is 16.4. The second-order valence-electron chi connectivity index (χ2n) is 11.0. The van der Waals surface area contributed by atoms with Gasteiger partial charge in [0.15, 0.2) is 11.5 Å². The molecule has 4 rings (SSSR count). The van der Waals surface area contributed by atoms with Gasteiger partial charge in [0.25, 0.3) is 0 Å². The third-order valence-electron chi connectivity index (χ3n) is 7.84. The number of unbranched alkanes of at least 4 members (excludes halogenated alkanes) is 3. The monoisotopic (exact) mass is 562 g/mol. The van der Waals surface area contributed by atoms with Crippen LogP contribution in [0.1, 0.15) is 124 Å². The van der Waals surface area contributed by atoms with E-state index in [1.54, 1.807) is 0 Å². The number of fused-ring (bicyclic) bond motifs is 1. The number of hydrogen-bond acceptors (Lipinski definition) is 6. The minimum Gasteiger partial charge on any atom is -0.454 e. The van der Waals surface area contributed by atoms with Crippen LogP contribution in [0.4, 0.5) is 0 Å². The maximum atomic E-state index is 11.1. The average molecular weight is 563 g/mol. The predicted octanol–water partition coefficient (Wildman–Crippen LogP) is 8.08. The molecule has 0 N–H and O–H groups in total. The van der Waals surface area contributed by atoms with Gasteiger partial charge in [0.05, 0.1) is 12.6 Å². The van der Waals surface area contributed by atoms with Crippen molar-refractivity contribution in [1.82, 2.24) is 9.80 Å². The fourth-order valence-electron chi connectivity index (χ4n) is 5.23. The molecule has 1 aromatic rings. The maximum absolute atomic E-state index is 11.1. The van der Waals surface area contributed by atoms with Gasteiger partial charge in [-0.1, -0.05) is 73.3 Å². The van der Waals surface area contributed by atoms with Crippen LogP contribution in [0.2, 0.25) is 0 Å². The van der Waals surface area contributed by atoms with Crippen LogP contribution in [0.5, 0.6) is 11.5 Å². The molecule has 232 valence electrons. The molecule has 0 aromatic heterocycles. The summed E-state index contributed by atoms with van der Waals surface area (Å²) in [6.07, 6.45) is 15.1. The molecule has 0 spiro atoms. The summed E-state index contributed by atoms with van der Waals surface area (Å²) in [7, 11) is 2.21. The van der Waals surface area contributed by atoms with Gasteiger partial charge in [-0.05, 0) is 88.7 Å². The lowest BCUT2D eigenvalue weighted by atomic mass is 9.94. The third kappa shape index (κ3) is 13.8. The molecule has 1 aromatic carbocycles. The summed E-state index contributed by atoms with van der Waals surface area (Å²) < 4.78 is 16.7. The van der Waals surface area contributed by atoms with Crippen molar-refractivity contribution in [2.24, 2.45) is 0 Å². The molecule has 3 aliphatic rings. The van der Waals surface area contributed by atoms with Gasteiger partial charge in [0, 0.05) is 19.2 Å². The topological polar surface area (TPSA) is 51.2 Å². The van der Waals surface area contributed by atoms with Gasteiger partial charge < -0.3 is 23.9 Å². The van der Waals surface area contributed by atoms with Crippen molar-refractivity contribution in [3.8, 4) is 11.5 Å². The highest BCUT2D eigenvalue weighted by Crippen LogP contribution is 2.39. The minimum atomic E-state index is 0.310. The highest BCUT2D eigenvalue weighted by Gasteiger charge is 2.33. The number of likely N-dealkylation sites (tertiary alicyclic amines) is 1. The van der Waals surface area contributed by atoms with E-state index in [9.17, 15) is 4.79 Å². The van der Waals surface area contributed by atoms with Crippen LogP contribution >= 0.6 is 0 Å². The number of rotatable bonds is 13. The fourth-order valence-corrected chi connectivity index (χ4v) is 5.23. The van der Waals surface area contributed by atoms with Crippen LogP contribution in [-0.4, -0.2) is 74.9 Å². The largest absolute Gasteiger partial charge is 0.454 e. The van der Waals surface area contributed by atoms with E-state index in [2.05, 4.69) is 56.7 Å². The Morgan fingerprint density at radius 3 is 2.20 bits per heavy atom. The highest BCUT2D eigenvalue weighted by molar-refractivity contribution is 5.52. The summed E-state index contributed by atoms with van der Waals surface area (Å²) in [6.45, 7) is 18.1. The first-order chi connectivity index (χ1) is 19.6. The Balaban J connectivity index is 0.000000419. The lowest BCUT2D eigenvalue weighted by Crippen LogP contribution is -2.31. The second-order valence-corrected chi connectivity index (χ2v) is 11.0. The number of aldehydes is 1. The minimum absolute atomic E-state index is 0.310. The third-order valence-corrected chi connectivity index (χ3v) is 7.84. The maximum Gasteiger partial charge on any atom is 0.231 e. The Morgan fingerprint density at radius 1 is 0.950 bits per heavy atom. The van der Waals surface area contributed by atoms with E-state index in [1.165, 1.54) is 70.0 Å². The molecule has 3 atom stereocenters. The SMILES string of the molecule is CC.CCCC.CCCCN(C)CCCC.O=CCN1CC(c2ccc3c(c2)OCO3)CC1CCC1CCCO1.